The minimum absolute atomic E-state index is 0.233. The second kappa shape index (κ2) is 12.6. The van der Waals surface area contributed by atoms with Crippen molar-refractivity contribution in [3.05, 3.63) is 58.7 Å². The number of rotatable bonds is 14. The highest BCUT2D eigenvalue weighted by Gasteiger charge is 2.22. The van der Waals surface area contributed by atoms with Crippen molar-refractivity contribution in [1.82, 2.24) is 0 Å². The summed E-state index contributed by atoms with van der Waals surface area (Å²) in [5.41, 5.74) is 8.77. The van der Waals surface area contributed by atoms with E-state index < -0.39 is 0 Å². The topological polar surface area (TPSA) is 12.0 Å². The summed E-state index contributed by atoms with van der Waals surface area (Å²) in [6.07, 6.45) is 12.5. The monoisotopic (exact) mass is 449 g/mol. The molecule has 2 aromatic carbocycles. The summed E-state index contributed by atoms with van der Waals surface area (Å²) in [6.45, 7) is 18.7. The molecule has 0 spiro atoms. The number of benzene rings is 2. The van der Waals surface area contributed by atoms with Gasteiger partial charge in [-0.25, -0.2) is 0 Å². The zero-order valence-corrected chi connectivity index (χ0v) is 23.0. The van der Waals surface area contributed by atoms with Crippen LogP contribution in [0.5, 0.6) is 0 Å². The molecule has 0 aliphatic carbocycles. The lowest BCUT2D eigenvalue weighted by Gasteiger charge is -2.28. The van der Waals surface area contributed by atoms with Crippen molar-refractivity contribution < 1.29 is 0 Å². The van der Waals surface area contributed by atoms with Crippen molar-refractivity contribution in [3.8, 4) is 0 Å². The molecule has 184 valence electrons. The molecule has 1 N–H and O–H groups in total. The third-order valence-corrected chi connectivity index (χ3v) is 7.62. The van der Waals surface area contributed by atoms with Gasteiger partial charge in [0.2, 0.25) is 0 Å². The van der Waals surface area contributed by atoms with Gasteiger partial charge in [0.25, 0.3) is 0 Å². The van der Waals surface area contributed by atoms with Crippen LogP contribution in [0.3, 0.4) is 0 Å². The van der Waals surface area contributed by atoms with Crippen molar-refractivity contribution >= 4 is 11.4 Å². The second-order valence-electron chi connectivity index (χ2n) is 11.3. The Morgan fingerprint density at radius 3 is 1.30 bits per heavy atom. The number of hydrogen-bond donors (Lipinski definition) is 1. The molecule has 0 atom stereocenters. The predicted octanol–water partition coefficient (Wildman–Crippen LogP) is 10.3. The van der Waals surface area contributed by atoms with Crippen LogP contribution in [0.2, 0.25) is 0 Å². The average Bonchev–Trinajstić information content (AvgIpc) is 2.79. The normalized spacial score (nSPS) is 12.2. The van der Waals surface area contributed by atoms with E-state index in [4.69, 9.17) is 0 Å². The third kappa shape index (κ3) is 7.62. The fraction of sp³-hybridized carbons (Fsp3) is 0.625. The van der Waals surface area contributed by atoms with E-state index >= 15 is 0 Å². The lowest BCUT2D eigenvalue weighted by Crippen LogP contribution is -2.18. The Hall–Kier alpha value is -1.76. The van der Waals surface area contributed by atoms with Crippen LogP contribution in [0.1, 0.15) is 129 Å². The summed E-state index contributed by atoms with van der Waals surface area (Å²) in [5.74, 6) is 0. The van der Waals surface area contributed by atoms with Gasteiger partial charge in [-0.2, -0.15) is 0 Å². The first-order chi connectivity index (χ1) is 15.7. The van der Waals surface area contributed by atoms with Crippen molar-refractivity contribution in [2.24, 2.45) is 0 Å². The Kier molecular flexibility index (Phi) is 10.5. The molecule has 2 rings (SSSR count). The summed E-state index contributed by atoms with van der Waals surface area (Å²) in [4.78, 5) is 0. The molecule has 0 aromatic heterocycles. The number of aryl methyl sites for hydroxylation is 2. The summed E-state index contributed by atoms with van der Waals surface area (Å²) < 4.78 is 0. The number of nitrogens with one attached hydrogen (secondary N) is 1. The van der Waals surface area contributed by atoms with Crippen LogP contribution in [0.25, 0.3) is 0 Å². The molecular formula is C32H51N. The first kappa shape index (κ1) is 27.5. The summed E-state index contributed by atoms with van der Waals surface area (Å²) in [5, 5.41) is 3.80. The van der Waals surface area contributed by atoms with Crippen LogP contribution >= 0.6 is 0 Å². The van der Waals surface area contributed by atoms with Crippen molar-refractivity contribution in [3.63, 3.8) is 0 Å². The van der Waals surface area contributed by atoms with Gasteiger partial charge < -0.3 is 5.32 Å². The standard InChI is InChI=1S/C32H51N/c1-9-13-15-21-31(5,6)27-17-19-29(25(11-3)23-27)33-30-20-18-28(24-26(30)12-4)32(7,8)22-16-14-10-2/h17-20,23-24,33H,9-16,21-22H2,1-8H3. The highest BCUT2D eigenvalue weighted by atomic mass is 14.9. The van der Waals surface area contributed by atoms with Crippen LogP contribution < -0.4 is 5.32 Å². The van der Waals surface area contributed by atoms with Gasteiger partial charge in [-0.05, 0) is 70.9 Å². The van der Waals surface area contributed by atoms with Crippen LogP contribution in [0.15, 0.2) is 36.4 Å². The SMILES string of the molecule is CCCCCC(C)(C)c1ccc(Nc2ccc(C(C)(C)CCCCC)cc2CC)c(CC)c1. The Bertz CT molecular complexity index is 787. The van der Waals surface area contributed by atoms with Gasteiger partial charge in [0, 0.05) is 11.4 Å². The molecule has 0 aliphatic heterocycles. The zero-order chi connectivity index (χ0) is 24.5. The second-order valence-corrected chi connectivity index (χ2v) is 11.3. The molecule has 2 aromatic rings. The van der Waals surface area contributed by atoms with Crippen molar-refractivity contribution in [2.45, 2.75) is 130 Å². The van der Waals surface area contributed by atoms with Crippen molar-refractivity contribution in [1.29, 1.82) is 0 Å². The molecule has 0 saturated carbocycles. The molecule has 0 aliphatic rings. The Labute approximate surface area is 205 Å². The molecular weight excluding hydrogens is 398 g/mol. The van der Waals surface area contributed by atoms with Crippen LogP contribution in [-0.4, -0.2) is 0 Å². The first-order valence-corrected chi connectivity index (χ1v) is 13.7. The summed E-state index contributed by atoms with van der Waals surface area (Å²) >= 11 is 0. The molecule has 0 heterocycles. The van der Waals surface area contributed by atoms with E-state index in [1.54, 1.807) is 0 Å². The molecule has 0 unspecified atom stereocenters. The van der Waals surface area contributed by atoms with Gasteiger partial charge in [0.1, 0.15) is 0 Å². The summed E-state index contributed by atoms with van der Waals surface area (Å²) in [7, 11) is 0. The summed E-state index contributed by atoms with van der Waals surface area (Å²) in [6, 6.07) is 14.2. The average molecular weight is 450 g/mol. The van der Waals surface area contributed by atoms with Gasteiger partial charge >= 0.3 is 0 Å². The number of anilines is 2. The van der Waals surface area contributed by atoms with Gasteiger partial charge in [-0.1, -0.05) is 118 Å². The quantitative estimate of drug-likeness (QED) is 0.283. The molecule has 1 heteroatoms. The van der Waals surface area contributed by atoms with Crippen LogP contribution in [0, 0.1) is 0 Å². The highest BCUT2D eigenvalue weighted by Crippen LogP contribution is 2.35. The zero-order valence-electron chi connectivity index (χ0n) is 23.0. The van der Waals surface area contributed by atoms with Gasteiger partial charge in [-0.3, -0.25) is 0 Å². The fourth-order valence-electron chi connectivity index (χ4n) is 4.93. The number of unbranched alkanes of at least 4 members (excludes halogenated alkanes) is 4. The maximum Gasteiger partial charge on any atom is 0.0416 e. The molecule has 0 fully saturated rings. The molecule has 0 radical (unpaired) electrons. The first-order valence-electron chi connectivity index (χ1n) is 13.7. The molecule has 0 bridgehead atoms. The largest absolute Gasteiger partial charge is 0.355 e. The molecule has 33 heavy (non-hydrogen) atoms. The highest BCUT2D eigenvalue weighted by molar-refractivity contribution is 5.67. The van der Waals surface area contributed by atoms with E-state index in [-0.39, 0.29) is 10.8 Å². The molecule has 1 nitrogen and oxygen atoms in total. The van der Waals surface area contributed by atoms with Gasteiger partial charge in [0.15, 0.2) is 0 Å². The Balaban J connectivity index is 2.25. The van der Waals surface area contributed by atoms with E-state index in [1.165, 1.54) is 85.0 Å². The minimum Gasteiger partial charge on any atom is -0.355 e. The van der Waals surface area contributed by atoms with Gasteiger partial charge in [0.05, 0.1) is 0 Å². The van der Waals surface area contributed by atoms with E-state index in [9.17, 15) is 0 Å². The maximum atomic E-state index is 3.80. The van der Waals surface area contributed by atoms with E-state index in [1.807, 2.05) is 0 Å². The fourth-order valence-corrected chi connectivity index (χ4v) is 4.93. The van der Waals surface area contributed by atoms with E-state index in [2.05, 4.69) is 97.1 Å². The Morgan fingerprint density at radius 1 is 0.576 bits per heavy atom. The molecule has 0 amide bonds. The van der Waals surface area contributed by atoms with Crippen LogP contribution in [0.4, 0.5) is 11.4 Å². The minimum atomic E-state index is 0.233. The lowest BCUT2D eigenvalue weighted by atomic mass is 9.79. The van der Waals surface area contributed by atoms with E-state index in [0.29, 0.717) is 0 Å². The third-order valence-electron chi connectivity index (χ3n) is 7.62. The van der Waals surface area contributed by atoms with Gasteiger partial charge in [-0.15, -0.1) is 0 Å². The predicted molar refractivity (Wildman–Crippen MR) is 149 cm³/mol. The van der Waals surface area contributed by atoms with Crippen molar-refractivity contribution in [2.75, 3.05) is 5.32 Å². The van der Waals surface area contributed by atoms with E-state index in [0.717, 1.165) is 12.8 Å². The smallest absolute Gasteiger partial charge is 0.0416 e. The lowest BCUT2D eigenvalue weighted by molar-refractivity contribution is 0.450. The maximum absolute atomic E-state index is 3.80. The van der Waals surface area contributed by atoms with Crippen LogP contribution in [-0.2, 0) is 23.7 Å². The Morgan fingerprint density at radius 2 is 0.970 bits per heavy atom. The molecule has 0 saturated heterocycles. The number of hydrogen-bond acceptors (Lipinski definition) is 1.